The molecule has 4 heteroatoms. The molecule has 0 saturated carbocycles. The van der Waals surface area contributed by atoms with Gasteiger partial charge in [-0.1, -0.05) is 48.5 Å². The molecule has 3 aromatic carbocycles. The topological polar surface area (TPSA) is 44.5 Å². The molecular formula is C21H20FNO2. The molecule has 0 radical (unpaired) electrons. The van der Waals surface area contributed by atoms with Crippen molar-refractivity contribution in [3.63, 3.8) is 0 Å². The standard InChI is InChI=1S/C21H20FNO2/c22-19-8-4-7-17(13-19)18-9-10-20(24-12-11-23)21(14-18)25-15-16-5-2-1-3-6-16/h1-10,13-14H,11-12,15,23H2. The minimum absolute atomic E-state index is 0.271. The molecule has 0 bridgehead atoms. The van der Waals surface area contributed by atoms with Gasteiger partial charge in [-0.2, -0.15) is 0 Å². The van der Waals surface area contributed by atoms with Crippen LogP contribution in [0.15, 0.2) is 72.8 Å². The predicted molar refractivity (Wildman–Crippen MR) is 97.2 cm³/mol. The lowest BCUT2D eigenvalue weighted by molar-refractivity contribution is 0.266. The molecule has 0 fully saturated rings. The molecule has 0 heterocycles. The molecule has 3 aromatic rings. The van der Waals surface area contributed by atoms with E-state index < -0.39 is 0 Å². The predicted octanol–water partition coefficient (Wildman–Crippen LogP) is 4.41. The summed E-state index contributed by atoms with van der Waals surface area (Å²) in [6.07, 6.45) is 0. The first kappa shape index (κ1) is 17.0. The van der Waals surface area contributed by atoms with E-state index in [-0.39, 0.29) is 5.82 Å². The lowest BCUT2D eigenvalue weighted by Crippen LogP contribution is -2.11. The number of halogens is 1. The quantitative estimate of drug-likeness (QED) is 0.694. The maximum atomic E-state index is 13.5. The summed E-state index contributed by atoms with van der Waals surface area (Å²) in [7, 11) is 0. The van der Waals surface area contributed by atoms with Crippen LogP contribution in [0.5, 0.6) is 11.5 Å². The van der Waals surface area contributed by atoms with Crippen LogP contribution < -0.4 is 15.2 Å². The maximum absolute atomic E-state index is 13.5. The highest BCUT2D eigenvalue weighted by molar-refractivity contribution is 5.67. The van der Waals surface area contributed by atoms with Crippen LogP contribution in [0.4, 0.5) is 4.39 Å². The van der Waals surface area contributed by atoms with Crippen LogP contribution in [0.3, 0.4) is 0 Å². The van der Waals surface area contributed by atoms with Crippen molar-refractivity contribution in [1.82, 2.24) is 0 Å². The zero-order chi connectivity index (χ0) is 17.5. The van der Waals surface area contributed by atoms with Crippen molar-refractivity contribution in [3.8, 4) is 22.6 Å². The molecule has 0 spiro atoms. The fraction of sp³-hybridized carbons (Fsp3) is 0.143. The van der Waals surface area contributed by atoms with Gasteiger partial charge in [0.25, 0.3) is 0 Å². The Morgan fingerprint density at radius 1 is 0.760 bits per heavy atom. The van der Waals surface area contributed by atoms with Crippen molar-refractivity contribution >= 4 is 0 Å². The normalized spacial score (nSPS) is 10.5. The molecular weight excluding hydrogens is 317 g/mol. The van der Waals surface area contributed by atoms with Crippen molar-refractivity contribution < 1.29 is 13.9 Å². The van der Waals surface area contributed by atoms with Gasteiger partial charge in [-0.3, -0.25) is 0 Å². The molecule has 0 aliphatic rings. The largest absolute Gasteiger partial charge is 0.488 e. The van der Waals surface area contributed by atoms with Crippen molar-refractivity contribution in [2.75, 3.05) is 13.2 Å². The average Bonchev–Trinajstić information content (AvgIpc) is 2.66. The van der Waals surface area contributed by atoms with E-state index in [1.165, 1.54) is 12.1 Å². The van der Waals surface area contributed by atoms with E-state index >= 15 is 0 Å². The van der Waals surface area contributed by atoms with Crippen molar-refractivity contribution in [2.24, 2.45) is 5.73 Å². The second-order valence-electron chi connectivity index (χ2n) is 5.58. The Balaban J connectivity index is 1.87. The van der Waals surface area contributed by atoms with E-state index in [4.69, 9.17) is 15.2 Å². The number of nitrogens with two attached hydrogens (primary N) is 1. The zero-order valence-electron chi connectivity index (χ0n) is 13.8. The molecule has 0 unspecified atom stereocenters. The summed E-state index contributed by atoms with van der Waals surface area (Å²) in [5.74, 6) is 0.966. The molecule has 0 aliphatic heterocycles. The Kier molecular flexibility index (Phi) is 5.65. The highest BCUT2D eigenvalue weighted by Gasteiger charge is 2.09. The van der Waals surface area contributed by atoms with Crippen LogP contribution in [0, 0.1) is 5.82 Å². The van der Waals surface area contributed by atoms with Crippen molar-refractivity contribution in [1.29, 1.82) is 0 Å². The maximum Gasteiger partial charge on any atom is 0.162 e. The van der Waals surface area contributed by atoms with E-state index in [0.29, 0.717) is 31.3 Å². The highest BCUT2D eigenvalue weighted by atomic mass is 19.1. The Morgan fingerprint density at radius 3 is 2.32 bits per heavy atom. The van der Waals surface area contributed by atoms with Gasteiger partial charge in [-0.25, -0.2) is 4.39 Å². The Hall–Kier alpha value is -2.85. The molecule has 0 aromatic heterocycles. The number of hydrogen-bond donors (Lipinski definition) is 1. The van der Waals surface area contributed by atoms with E-state index in [1.807, 2.05) is 54.6 Å². The summed E-state index contributed by atoms with van der Waals surface area (Å²) in [6, 6.07) is 21.9. The van der Waals surface area contributed by atoms with Gasteiger partial charge in [0.2, 0.25) is 0 Å². The Labute approximate surface area is 146 Å². The van der Waals surface area contributed by atoms with E-state index in [0.717, 1.165) is 16.7 Å². The second-order valence-corrected chi connectivity index (χ2v) is 5.58. The van der Waals surface area contributed by atoms with E-state index in [9.17, 15) is 4.39 Å². The Bertz CT molecular complexity index is 821. The lowest BCUT2D eigenvalue weighted by Gasteiger charge is -2.14. The number of hydrogen-bond acceptors (Lipinski definition) is 3. The minimum Gasteiger partial charge on any atom is -0.488 e. The Morgan fingerprint density at radius 2 is 1.56 bits per heavy atom. The van der Waals surface area contributed by atoms with Crippen LogP contribution in [0.1, 0.15) is 5.56 Å². The molecule has 3 rings (SSSR count). The van der Waals surface area contributed by atoms with Gasteiger partial charge in [-0.05, 0) is 41.0 Å². The van der Waals surface area contributed by atoms with Crippen molar-refractivity contribution in [2.45, 2.75) is 6.61 Å². The molecule has 128 valence electrons. The summed E-state index contributed by atoms with van der Waals surface area (Å²) >= 11 is 0. The molecule has 2 N–H and O–H groups in total. The summed E-state index contributed by atoms with van der Waals surface area (Å²) in [4.78, 5) is 0. The van der Waals surface area contributed by atoms with Crippen LogP contribution in [-0.2, 0) is 6.61 Å². The third kappa shape index (κ3) is 4.58. The third-order valence-corrected chi connectivity index (χ3v) is 3.71. The molecule has 0 aliphatic carbocycles. The minimum atomic E-state index is -0.271. The summed E-state index contributed by atoms with van der Waals surface area (Å²) in [5.41, 5.74) is 8.23. The third-order valence-electron chi connectivity index (χ3n) is 3.71. The van der Waals surface area contributed by atoms with Crippen LogP contribution in [0.25, 0.3) is 11.1 Å². The first-order valence-corrected chi connectivity index (χ1v) is 8.16. The fourth-order valence-corrected chi connectivity index (χ4v) is 2.49. The van der Waals surface area contributed by atoms with Crippen LogP contribution in [0.2, 0.25) is 0 Å². The number of rotatable bonds is 7. The average molecular weight is 337 g/mol. The summed E-state index contributed by atoms with van der Waals surface area (Å²) in [5, 5.41) is 0. The monoisotopic (exact) mass is 337 g/mol. The lowest BCUT2D eigenvalue weighted by atomic mass is 10.1. The van der Waals surface area contributed by atoms with Gasteiger partial charge < -0.3 is 15.2 Å². The zero-order valence-corrected chi connectivity index (χ0v) is 13.8. The first-order valence-electron chi connectivity index (χ1n) is 8.16. The van der Waals surface area contributed by atoms with Gasteiger partial charge in [-0.15, -0.1) is 0 Å². The van der Waals surface area contributed by atoms with Gasteiger partial charge in [0.1, 0.15) is 19.0 Å². The molecule has 0 atom stereocenters. The molecule has 0 amide bonds. The fourth-order valence-electron chi connectivity index (χ4n) is 2.49. The van der Waals surface area contributed by atoms with E-state index in [1.54, 1.807) is 6.07 Å². The second kappa shape index (κ2) is 8.31. The molecule has 3 nitrogen and oxygen atoms in total. The molecule has 0 saturated heterocycles. The summed E-state index contributed by atoms with van der Waals surface area (Å²) < 4.78 is 25.1. The van der Waals surface area contributed by atoms with Gasteiger partial charge in [0.15, 0.2) is 11.5 Å². The number of ether oxygens (including phenoxy) is 2. The molecule has 25 heavy (non-hydrogen) atoms. The SMILES string of the molecule is NCCOc1ccc(-c2cccc(F)c2)cc1OCc1ccccc1. The van der Waals surface area contributed by atoms with E-state index in [2.05, 4.69) is 0 Å². The highest BCUT2D eigenvalue weighted by Crippen LogP contribution is 2.33. The first-order chi connectivity index (χ1) is 12.3. The van der Waals surface area contributed by atoms with Gasteiger partial charge >= 0.3 is 0 Å². The van der Waals surface area contributed by atoms with Gasteiger partial charge in [0, 0.05) is 6.54 Å². The van der Waals surface area contributed by atoms with Crippen LogP contribution >= 0.6 is 0 Å². The van der Waals surface area contributed by atoms with Gasteiger partial charge in [0.05, 0.1) is 0 Å². The summed E-state index contributed by atoms with van der Waals surface area (Å²) in [6.45, 7) is 1.25. The van der Waals surface area contributed by atoms with Crippen LogP contribution in [-0.4, -0.2) is 13.2 Å². The smallest absolute Gasteiger partial charge is 0.162 e. The number of benzene rings is 3. The van der Waals surface area contributed by atoms with Crippen molar-refractivity contribution in [3.05, 3.63) is 84.2 Å².